The number of benzene rings is 1. The number of hydrogen-bond acceptors (Lipinski definition) is 2. The standard InChI is InChI=1S/C13H18BrFN2O/c1-2-6-17-13(18)5-7-16-9-10-3-4-11(15)8-12(10)14/h3-4,8,16H,2,5-7,9H2,1H3,(H,17,18). The summed E-state index contributed by atoms with van der Waals surface area (Å²) >= 11 is 3.30. The van der Waals surface area contributed by atoms with E-state index in [2.05, 4.69) is 26.6 Å². The number of rotatable bonds is 7. The summed E-state index contributed by atoms with van der Waals surface area (Å²) in [5.74, 6) is -0.202. The van der Waals surface area contributed by atoms with Gasteiger partial charge in [0, 0.05) is 30.5 Å². The Morgan fingerprint density at radius 2 is 2.17 bits per heavy atom. The van der Waals surface area contributed by atoms with Crippen molar-refractivity contribution in [3.05, 3.63) is 34.1 Å². The molecule has 0 saturated heterocycles. The van der Waals surface area contributed by atoms with Gasteiger partial charge < -0.3 is 10.6 Å². The Bertz CT molecular complexity index is 399. The third-order valence-electron chi connectivity index (χ3n) is 2.43. The number of nitrogens with one attached hydrogen (secondary N) is 2. The van der Waals surface area contributed by atoms with Crippen LogP contribution in [0.1, 0.15) is 25.3 Å². The highest BCUT2D eigenvalue weighted by molar-refractivity contribution is 9.10. The Kier molecular flexibility index (Phi) is 6.90. The van der Waals surface area contributed by atoms with Crippen LogP contribution in [0.15, 0.2) is 22.7 Å². The van der Waals surface area contributed by atoms with Gasteiger partial charge in [0.05, 0.1) is 0 Å². The SMILES string of the molecule is CCCNC(=O)CCNCc1ccc(F)cc1Br. The molecule has 0 saturated carbocycles. The summed E-state index contributed by atoms with van der Waals surface area (Å²) in [6, 6.07) is 4.59. The molecular weight excluding hydrogens is 299 g/mol. The molecule has 1 aromatic rings. The molecule has 0 spiro atoms. The topological polar surface area (TPSA) is 41.1 Å². The molecule has 0 heterocycles. The van der Waals surface area contributed by atoms with E-state index in [1.165, 1.54) is 12.1 Å². The van der Waals surface area contributed by atoms with Gasteiger partial charge in [0.25, 0.3) is 0 Å². The molecule has 1 aromatic carbocycles. The Balaban J connectivity index is 2.23. The van der Waals surface area contributed by atoms with Gasteiger partial charge in [-0.3, -0.25) is 4.79 Å². The van der Waals surface area contributed by atoms with Crippen LogP contribution in [-0.4, -0.2) is 19.0 Å². The first kappa shape index (κ1) is 15.1. The van der Waals surface area contributed by atoms with E-state index in [0.29, 0.717) is 19.5 Å². The van der Waals surface area contributed by atoms with Gasteiger partial charge in [0.1, 0.15) is 5.82 Å². The molecule has 0 aliphatic rings. The second-order valence-electron chi connectivity index (χ2n) is 4.01. The summed E-state index contributed by atoms with van der Waals surface area (Å²) in [4.78, 5) is 11.3. The van der Waals surface area contributed by atoms with Crippen molar-refractivity contribution in [2.24, 2.45) is 0 Å². The molecule has 18 heavy (non-hydrogen) atoms. The van der Waals surface area contributed by atoms with Crippen molar-refractivity contribution in [2.75, 3.05) is 13.1 Å². The van der Waals surface area contributed by atoms with Gasteiger partial charge in [-0.15, -0.1) is 0 Å². The van der Waals surface area contributed by atoms with Gasteiger partial charge in [0.15, 0.2) is 0 Å². The summed E-state index contributed by atoms with van der Waals surface area (Å²) in [6.07, 6.45) is 1.40. The molecule has 1 rings (SSSR count). The van der Waals surface area contributed by atoms with Gasteiger partial charge in [-0.1, -0.05) is 28.9 Å². The number of carbonyl (C=O) groups is 1. The van der Waals surface area contributed by atoms with Crippen LogP contribution in [0.5, 0.6) is 0 Å². The van der Waals surface area contributed by atoms with Crippen molar-refractivity contribution >= 4 is 21.8 Å². The highest BCUT2D eigenvalue weighted by atomic mass is 79.9. The normalized spacial score (nSPS) is 10.4. The van der Waals surface area contributed by atoms with Crippen LogP contribution < -0.4 is 10.6 Å². The molecule has 0 bridgehead atoms. The highest BCUT2D eigenvalue weighted by Gasteiger charge is 2.02. The van der Waals surface area contributed by atoms with E-state index >= 15 is 0 Å². The maximum absolute atomic E-state index is 12.9. The van der Waals surface area contributed by atoms with Crippen molar-refractivity contribution < 1.29 is 9.18 Å². The van der Waals surface area contributed by atoms with Crippen LogP contribution in [0.4, 0.5) is 4.39 Å². The largest absolute Gasteiger partial charge is 0.356 e. The molecule has 0 aromatic heterocycles. The van der Waals surface area contributed by atoms with Crippen LogP contribution in [0.3, 0.4) is 0 Å². The van der Waals surface area contributed by atoms with E-state index in [1.54, 1.807) is 6.07 Å². The predicted molar refractivity (Wildman–Crippen MR) is 73.7 cm³/mol. The van der Waals surface area contributed by atoms with Gasteiger partial charge in [0.2, 0.25) is 5.91 Å². The Morgan fingerprint density at radius 1 is 1.39 bits per heavy atom. The average molecular weight is 317 g/mol. The fourth-order valence-corrected chi connectivity index (χ4v) is 1.93. The first-order valence-corrected chi connectivity index (χ1v) is 6.84. The van der Waals surface area contributed by atoms with E-state index in [1.807, 2.05) is 6.92 Å². The predicted octanol–water partition coefficient (Wildman–Crippen LogP) is 2.59. The third-order valence-corrected chi connectivity index (χ3v) is 3.17. The summed E-state index contributed by atoms with van der Waals surface area (Å²) in [6.45, 7) is 3.97. The Hall–Kier alpha value is -0.940. The molecular formula is C13H18BrFN2O. The van der Waals surface area contributed by atoms with Gasteiger partial charge >= 0.3 is 0 Å². The van der Waals surface area contributed by atoms with Crippen molar-refractivity contribution in [1.29, 1.82) is 0 Å². The zero-order chi connectivity index (χ0) is 13.4. The molecule has 3 nitrogen and oxygen atoms in total. The highest BCUT2D eigenvalue weighted by Crippen LogP contribution is 2.17. The van der Waals surface area contributed by atoms with E-state index in [0.717, 1.165) is 23.0 Å². The zero-order valence-electron chi connectivity index (χ0n) is 10.4. The molecule has 0 fully saturated rings. The third kappa shape index (κ3) is 5.60. The second-order valence-corrected chi connectivity index (χ2v) is 4.87. The van der Waals surface area contributed by atoms with E-state index in [-0.39, 0.29) is 11.7 Å². The smallest absolute Gasteiger partial charge is 0.221 e. The number of hydrogen-bond donors (Lipinski definition) is 2. The second kappa shape index (κ2) is 8.21. The lowest BCUT2D eigenvalue weighted by atomic mass is 10.2. The quantitative estimate of drug-likeness (QED) is 0.759. The summed E-state index contributed by atoms with van der Waals surface area (Å²) in [7, 11) is 0. The van der Waals surface area contributed by atoms with Crippen molar-refractivity contribution in [3.8, 4) is 0 Å². The van der Waals surface area contributed by atoms with E-state index in [4.69, 9.17) is 0 Å². The van der Waals surface area contributed by atoms with Crippen molar-refractivity contribution in [2.45, 2.75) is 26.3 Å². The van der Waals surface area contributed by atoms with Gasteiger partial charge in [-0.2, -0.15) is 0 Å². The zero-order valence-corrected chi connectivity index (χ0v) is 12.0. The number of amides is 1. The first-order chi connectivity index (χ1) is 8.63. The molecule has 0 aliphatic heterocycles. The number of carbonyl (C=O) groups excluding carboxylic acids is 1. The summed E-state index contributed by atoms with van der Waals surface area (Å²) in [5.41, 5.74) is 0.977. The molecule has 0 unspecified atom stereocenters. The fraction of sp³-hybridized carbons (Fsp3) is 0.462. The number of halogens is 2. The summed E-state index contributed by atoms with van der Waals surface area (Å²) < 4.78 is 13.6. The lowest BCUT2D eigenvalue weighted by molar-refractivity contribution is -0.120. The lowest BCUT2D eigenvalue weighted by Crippen LogP contribution is -2.28. The minimum Gasteiger partial charge on any atom is -0.356 e. The molecule has 0 aliphatic carbocycles. The molecule has 1 amide bonds. The van der Waals surface area contributed by atoms with Crippen LogP contribution in [-0.2, 0) is 11.3 Å². The molecule has 0 atom stereocenters. The van der Waals surface area contributed by atoms with Crippen LogP contribution in [0.25, 0.3) is 0 Å². The fourth-order valence-electron chi connectivity index (χ4n) is 1.44. The van der Waals surface area contributed by atoms with Crippen molar-refractivity contribution in [3.63, 3.8) is 0 Å². The van der Waals surface area contributed by atoms with Crippen LogP contribution >= 0.6 is 15.9 Å². The molecule has 100 valence electrons. The van der Waals surface area contributed by atoms with E-state index in [9.17, 15) is 9.18 Å². The van der Waals surface area contributed by atoms with Crippen molar-refractivity contribution in [1.82, 2.24) is 10.6 Å². The summed E-state index contributed by atoms with van der Waals surface area (Å²) in [5, 5.41) is 5.97. The molecule has 2 N–H and O–H groups in total. The minimum atomic E-state index is -0.260. The Morgan fingerprint density at radius 3 is 2.83 bits per heavy atom. The van der Waals surface area contributed by atoms with Crippen LogP contribution in [0, 0.1) is 5.82 Å². The van der Waals surface area contributed by atoms with Crippen LogP contribution in [0.2, 0.25) is 0 Å². The van der Waals surface area contributed by atoms with Gasteiger partial charge in [-0.25, -0.2) is 4.39 Å². The van der Waals surface area contributed by atoms with Gasteiger partial charge in [-0.05, 0) is 24.1 Å². The minimum absolute atomic E-state index is 0.0579. The maximum atomic E-state index is 12.9. The van der Waals surface area contributed by atoms with E-state index < -0.39 is 0 Å². The maximum Gasteiger partial charge on any atom is 0.221 e. The Labute approximate surface area is 115 Å². The first-order valence-electron chi connectivity index (χ1n) is 6.04. The lowest BCUT2D eigenvalue weighted by Gasteiger charge is -2.07. The monoisotopic (exact) mass is 316 g/mol. The average Bonchev–Trinajstić information content (AvgIpc) is 2.34. The molecule has 5 heteroatoms. The molecule has 0 radical (unpaired) electrons.